The van der Waals surface area contributed by atoms with Gasteiger partial charge in [0.15, 0.2) is 0 Å². The van der Waals surface area contributed by atoms with E-state index in [0.717, 1.165) is 19.4 Å². The van der Waals surface area contributed by atoms with Crippen LogP contribution in [0, 0.1) is 6.92 Å². The van der Waals surface area contributed by atoms with Crippen molar-refractivity contribution >= 4 is 49.1 Å². The predicted molar refractivity (Wildman–Crippen MR) is 79.9 cm³/mol. The summed E-state index contributed by atoms with van der Waals surface area (Å²) in [4.78, 5) is 16.7. The Labute approximate surface area is 126 Å². The van der Waals surface area contributed by atoms with Crippen molar-refractivity contribution in [2.24, 2.45) is 0 Å². The van der Waals surface area contributed by atoms with Crippen molar-refractivity contribution in [3.8, 4) is 0 Å². The summed E-state index contributed by atoms with van der Waals surface area (Å²) in [5.41, 5.74) is 2.15. The van der Waals surface area contributed by atoms with Gasteiger partial charge in [-0.2, -0.15) is 0 Å². The van der Waals surface area contributed by atoms with Crippen molar-refractivity contribution in [3.63, 3.8) is 0 Å². The molecule has 18 heavy (non-hydrogen) atoms. The molecule has 0 aromatic carbocycles. The largest absolute Gasteiger partial charge is 0.347 e. The van der Waals surface area contributed by atoms with Gasteiger partial charge in [0, 0.05) is 23.4 Å². The zero-order valence-corrected chi connectivity index (χ0v) is 13.5. The van der Waals surface area contributed by atoms with Crippen LogP contribution >= 0.6 is 43.2 Å². The summed E-state index contributed by atoms with van der Waals surface area (Å²) < 4.78 is 1.82. The molecular formula is C12H10Br2N2OS. The van der Waals surface area contributed by atoms with E-state index in [1.165, 1.54) is 11.3 Å². The number of thiophene rings is 1. The number of nitrogens with one attached hydrogen (secondary N) is 1. The van der Waals surface area contributed by atoms with E-state index in [0.29, 0.717) is 11.4 Å². The highest BCUT2D eigenvalue weighted by atomic mass is 79.9. The number of hydrogen-bond acceptors (Lipinski definition) is 3. The lowest BCUT2D eigenvalue weighted by molar-refractivity contribution is 0.0955. The molecule has 0 fully saturated rings. The molecule has 94 valence electrons. The highest BCUT2D eigenvalue weighted by Crippen LogP contribution is 2.32. The first-order chi connectivity index (χ1) is 8.58. The molecule has 2 rings (SSSR count). The third kappa shape index (κ3) is 3.18. The standard InChI is InChI=1S/C12H10Br2N2OS/c1-7-2-3-15-5-8(7)6-16-12(17)10-4-9(13)11(14)18-10/h2-5H,6H2,1H3,(H,16,17). The summed E-state index contributed by atoms with van der Waals surface area (Å²) in [6.07, 6.45) is 3.52. The van der Waals surface area contributed by atoms with Crippen LogP contribution in [0.15, 0.2) is 32.8 Å². The molecule has 1 N–H and O–H groups in total. The predicted octanol–water partition coefficient (Wildman–Crippen LogP) is 3.91. The van der Waals surface area contributed by atoms with E-state index in [4.69, 9.17) is 0 Å². The molecule has 0 aliphatic carbocycles. The number of carbonyl (C=O) groups excluding carboxylic acids is 1. The van der Waals surface area contributed by atoms with Crippen LogP contribution in [0.1, 0.15) is 20.8 Å². The Morgan fingerprint density at radius 1 is 1.50 bits per heavy atom. The Morgan fingerprint density at radius 3 is 2.89 bits per heavy atom. The van der Waals surface area contributed by atoms with Gasteiger partial charge in [0.25, 0.3) is 5.91 Å². The minimum atomic E-state index is -0.0744. The van der Waals surface area contributed by atoms with Gasteiger partial charge < -0.3 is 5.32 Å². The van der Waals surface area contributed by atoms with Gasteiger partial charge in [-0.05, 0) is 62.0 Å². The normalized spacial score (nSPS) is 10.4. The van der Waals surface area contributed by atoms with E-state index >= 15 is 0 Å². The summed E-state index contributed by atoms with van der Waals surface area (Å²) in [6.45, 7) is 2.49. The van der Waals surface area contributed by atoms with Gasteiger partial charge in [-0.25, -0.2) is 0 Å². The Bertz CT molecular complexity index is 564. The molecule has 1 amide bonds. The number of halogens is 2. The van der Waals surface area contributed by atoms with Gasteiger partial charge in [0.05, 0.1) is 8.66 Å². The first kappa shape index (κ1) is 13.7. The zero-order chi connectivity index (χ0) is 13.1. The fourth-order valence-corrected chi connectivity index (χ4v) is 3.35. The molecule has 3 nitrogen and oxygen atoms in total. The first-order valence-corrected chi connectivity index (χ1v) is 7.60. The van der Waals surface area contributed by atoms with Gasteiger partial charge in [0.1, 0.15) is 0 Å². The Kier molecular flexibility index (Phi) is 4.53. The maximum atomic E-state index is 11.9. The Morgan fingerprint density at radius 2 is 2.28 bits per heavy atom. The minimum Gasteiger partial charge on any atom is -0.347 e. The molecule has 0 aliphatic rings. The second kappa shape index (κ2) is 5.95. The van der Waals surface area contributed by atoms with Crippen LogP contribution in [0.5, 0.6) is 0 Å². The fourth-order valence-electron chi connectivity index (χ4n) is 1.40. The summed E-state index contributed by atoms with van der Waals surface area (Å²) >= 11 is 8.14. The summed E-state index contributed by atoms with van der Waals surface area (Å²) in [7, 11) is 0. The molecule has 6 heteroatoms. The molecule has 0 saturated carbocycles. The van der Waals surface area contributed by atoms with E-state index < -0.39 is 0 Å². The van der Waals surface area contributed by atoms with Crippen molar-refractivity contribution in [1.29, 1.82) is 0 Å². The number of nitrogens with zero attached hydrogens (tertiary/aromatic N) is 1. The quantitative estimate of drug-likeness (QED) is 0.864. The van der Waals surface area contributed by atoms with Gasteiger partial charge in [-0.1, -0.05) is 0 Å². The second-order valence-corrected chi connectivity index (χ2v) is 6.94. The highest BCUT2D eigenvalue weighted by molar-refractivity contribution is 9.13. The monoisotopic (exact) mass is 388 g/mol. The molecule has 0 radical (unpaired) electrons. The molecule has 0 spiro atoms. The lowest BCUT2D eigenvalue weighted by Crippen LogP contribution is -2.22. The van der Waals surface area contributed by atoms with E-state index in [2.05, 4.69) is 42.2 Å². The zero-order valence-electron chi connectivity index (χ0n) is 9.54. The maximum Gasteiger partial charge on any atom is 0.261 e. The number of amides is 1. The highest BCUT2D eigenvalue weighted by Gasteiger charge is 2.11. The third-order valence-electron chi connectivity index (χ3n) is 2.46. The summed E-state index contributed by atoms with van der Waals surface area (Å²) in [6, 6.07) is 3.74. The van der Waals surface area contributed by atoms with Gasteiger partial charge in [0.2, 0.25) is 0 Å². The van der Waals surface area contributed by atoms with Crippen LogP contribution in [-0.2, 0) is 6.54 Å². The van der Waals surface area contributed by atoms with Crippen LogP contribution in [-0.4, -0.2) is 10.9 Å². The number of aryl methyl sites for hydroxylation is 1. The lowest BCUT2D eigenvalue weighted by Gasteiger charge is -2.05. The topological polar surface area (TPSA) is 42.0 Å². The number of hydrogen-bond donors (Lipinski definition) is 1. The van der Waals surface area contributed by atoms with Gasteiger partial charge in [-0.15, -0.1) is 11.3 Å². The van der Waals surface area contributed by atoms with E-state index in [1.54, 1.807) is 18.5 Å². The Balaban J connectivity index is 2.03. The van der Waals surface area contributed by atoms with Crippen LogP contribution < -0.4 is 5.32 Å². The summed E-state index contributed by atoms with van der Waals surface area (Å²) in [5.74, 6) is -0.0744. The maximum absolute atomic E-state index is 11.9. The van der Waals surface area contributed by atoms with Crippen LogP contribution in [0.4, 0.5) is 0 Å². The molecule has 0 aliphatic heterocycles. The molecule has 0 bridgehead atoms. The molecular weight excluding hydrogens is 380 g/mol. The van der Waals surface area contributed by atoms with Crippen molar-refractivity contribution in [1.82, 2.24) is 10.3 Å². The molecule has 0 atom stereocenters. The Hall–Kier alpha value is -0.720. The van der Waals surface area contributed by atoms with Gasteiger partial charge in [-0.3, -0.25) is 9.78 Å². The van der Waals surface area contributed by atoms with Crippen LogP contribution in [0.3, 0.4) is 0 Å². The minimum absolute atomic E-state index is 0.0744. The SMILES string of the molecule is Cc1ccncc1CNC(=O)c1cc(Br)c(Br)s1. The van der Waals surface area contributed by atoms with E-state index in [9.17, 15) is 4.79 Å². The molecule has 2 aromatic rings. The van der Waals surface area contributed by atoms with Crippen molar-refractivity contribution in [2.75, 3.05) is 0 Å². The lowest BCUT2D eigenvalue weighted by atomic mass is 10.1. The first-order valence-electron chi connectivity index (χ1n) is 5.20. The second-order valence-electron chi connectivity index (χ2n) is 3.72. The number of aromatic nitrogens is 1. The molecule has 0 saturated heterocycles. The van der Waals surface area contributed by atoms with Crippen molar-refractivity contribution < 1.29 is 4.79 Å². The fraction of sp³-hybridized carbons (Fsp3) is 0.167. The van der Waals surface area contributed by atoms with Crippen molar-refractivity contribution in [2.45, 2.75) is 13.5 Å². The number of rotatable bonds is 3. The van der Waals surface area contributed by atoms with E-state index in [1.807, 2.05) is 13.0 Å². The van der Waals surface area contributed by atoms with E-state index in [-0.39, 0.29) is 5.91 Å². The number of pyridine rings is 1. The smallest absolute Gasteiger partial charge is 0.261 e. The average molecular weight is 390 g/mol. The summed E-state index contributed by atoms with van der Waals surface area (Å²) in [5, 5.41) is 2.89. The molecule has 2 aromatic heterocycles. The van der Waals surface area contributed by atoms with Gasteiger partial charge >= 0.3 is 0 Å². The van der Waals surface area contributed by atoms with Crippen LogP contribution in [0.2, 0.25) is 0 Å². The van der Waals surface area contributed by atoms with Crippen molar-refractivity contribution in [3.05, 3.63) is 48.8 Å². The molecule has 2 heterocycles. The molecule has 0 unspecified atom stereocenters. The number of carbonyl (C=O) groups is 1. The average Bonchev–Trinajstić information content (AvgIpc) is 2.68. The third-order valence-corrected chi connectivity index (χ3v) is 5.71. The van der Waals surface area contributed by atoms with Crippen LogP contribution in [0.25, 0.3) is 0 Å².